The van der Waals surface area contributed by atoms with E-state index < -0.39 is 10.8 Å². The van der Waals surface area contributed by atoms with Crippen molar-refractivity contribution in [3.8, 4) is 22.3 Å². The maximum atomic E-state index is 6.64. The van der Waals surface area contributed by atoms with Crippen LogP contribution in [0.1, 0.15) is 67.0 Å². The first-order valence-corrected chi connectivity index (χ1v) is 22.9. The minimum Gasteiger partial charge on any atom is -0.260 e. The zero-order valence-corrected chi connectivity index (χ0v) is 39.7. The van der Waals surface area contributed by atoms with Crippen LogP contribution in [0.15, 0.2) is 231 Å². The Morgan fingerprint density at radius 1 is 0.343 bits per heavy atom. The first-order chi connectivity index (χ1) is 32.6. The summed E-state index contributed by atoms with van der Waals surface area (Å²) in [5, 5.41) is 1.31. The number of halogens is 2. The molecule has 12 rings (SSSR count). The summed E-state index contributed by atoms with van der Waals surface area (Å²) in [5.74, 6) is 0. The van der Waals surface area contributed by atoms with Gasteiger partial charge in [0, 0.05) is 22.4 Å². The van der Waals surface area contributed by atoms with E-state index in [4.69, 9.17) is 33.2 Å². The van der Waals surface area contributed by atoms with Gasteiger partial charge < -0.3 is 0 Å². The predicted molar refractivity (Wildman–Crippen MR) is 269 cm³/mol. The van der Waals surface area contributed by atoms with Crippen LogP contribution in [0.3, 0.4) is 0 Å². The Bertz CT molecular complexity index is 3170. The third-order valence-corrected chi connectivity index (χ3v) is 14.0. The molecule has 0 spiro atoms. The number of hydrogen-bond acceptors (Lipinski definition) is 2. The normalized spacial score (nSPS) is 13.3. The summed E-state index contributed by atoms with van der Waals surface area (Å²) in [6.07, 6.45) is 3.79. The van der Waals surface area contributed by atoms with E-state index in [1.165, 1.54) is 44.5 Å². The molecule has 67 heavy (non-hydrogen) atoms. The van der Waals surface area contributed by atoms with Gasteiger partial charge in [-0.3, -0.25) is 9.97 Å². The average Bonchev–Trinajstić information content (AvgIpc) is 3.86. The maximum absolute atomic E-state index is 6.64. The van der Waals surface area contributed by atoms with Gasteiger partial charge in [-0.15, -0.1) is 76.4 Å². The van der Waals surface area contributed by atoms with Gasteiger partial charge in [0.25, 0.3) is 0 Å². The Hall–Kier alpha value is -6.93. The fraction of sp³-hybridized carbons (Fsp3) is 0.0323. The molecule has 0 atom stereocenters. The van der Waals surface area contributed by atoms with Crippen LogP contribution in [0.25, 0.3) is 33.4 Å². The quantitative estimate of drug-likeness (QED) is 0.112. The van der Waals surface area contributed by atoms with Crippen molar-refractivity contribution >= 4 is 34.3 Å². The minimum absolute atomic E-state index is 0. The van der Waals surface area contributed by atoms with Crippen LogP contribution >= 0.6 is 23.2 Å². The molecule has 0 amide bonds. The molecule has 2 heterocycles. The number of fused-ring (bicyclic) bond motifs is 6. The number of pyridine rings is 2. The molecule has 0 bridgehead atoms. The van der Waals surface area contributed by atoms with Crippen molar-refractivity contribution in [2.45, 2.75) is 10.8 Å². The van der Waals surface area contributed by atoms with Gasteiger partial charge in [0.15, 0.2) is 0 Å². The van der Waals surface area contributed by atoms with Crippen LogP contribution in [-0.2, 0) is 31.9 Å². The van der Waals surface area contributed by atoms with E-state index in [0.717, 1.165) is 55.9 Å². The minimum atomic E-state index is -0.762. The molecule has 0 aliphatic heterocycles. The smallest absolute Gasteiger partial charge is 0.260 e. The molecule has 0 fully saturated rings. The molecule has 5 heteroatoms. The van der Waals surface area contributed by atoms with Gasteiger partial charge in [-0.1, -0.05) is 157 Å². The zero-order chi connectivity index (χ0) is 44.2. The maximum Gasteiger partial charge on any atom is 2.00 e. The second-order valence-electron chi connectivity index (χ2n) is 16.8. The second-order valence-corrected chi connectivity index (χ2v) is 17.7. The molecule has 0 N–H and O–H groups in total. The van der Waals surface area contributed by atoms with Gasteiger partial charge in [0.05, 0.1) is 22.2 Å². The van der Waals surface area contributed by atoms with Crippen LogP contribution in [0.5, 0.6) is 0 Å². The molecular formula is C62H38Cl2N2Pt. The Balaban J connectivity index is 0.00000494. The van der Waals surface area contributed by atoms with Gasteiger partial charge in [-0.2, -0.15) is 0 Å². The summed E-state index contributed by atoms with van der Waals surface area (Å²) in [6, 6.07) is 84.9. The van der Waals surface area contributed by atoms with Crippen LogP contribution in [-0.4, -0.2) is 9.97 Å². The van der Waals surface area contributed by atoms with E-state index in [1.54, 1.807) is 0 Å². The van der Waals surface area contributed by atoms with Gasteiger partial charge in [-0.25, -0.2) is 0 Å². The average molecular weight is 1080 g/mol. The molecule has 2 aliphatic rings. The fourth-order valence-electron chi connectivity index (χ4n) is 10.8. The summed E-state index contributed by atoms with van der Waals surface area (Å²) >= 11 is 13.3. The standard InChI is InChI=1S/C62H38Cl2N2.Pt/c63-47-33-29-41(30-34-47)59(42-31-35-48(64)36-32-42)60(43-15-13-17-45(39-43)61(57-27-9-11-37-65-57)53-23-5-1-19-49(53)50-20-2-6-24-54(50)61)44-16-14-18-46(40-44)62(58-28-10-12-38-66-58)55-25-7-3-21-51(55)52-22-4-8-26-56(52)62;/h1-38H;/q-2;+2. The summed E-state index contributed by atoms with van der Waals surface area (Å²) in [4.78, 5) is 10.3. The van der Waals surface area contributed by atoms with Gasteiger partial charge in [-0.05, 0) is 110 Å². The zero-order valence-electron chi connectivity index (χ0n) is 35.9. The van der Waals surface area contributed by atoms with E-state index in [0.29, 0.717) is 10.0 Å². The van der Waals surface area contributed by atoms with Crippen molar-refractivity contribution in [3.63, 3.8) is 0 Å². The van der Waals surface area contributed by atoms with Crippen LogP contribution in [0.2, 0.25) is 10.0 Å². The van der Waals surface area contributed by atoms with Crippen LogP contribution in [0, 0.1) is 12.1 Å². The number of rotatable bonds is 8. The summed E-state index contributed by atoms with van der Waals surface area (Å²) in [5.41, 5.74) is 17.5. The van der Waals surface area contributed by atoms with E-state index in [9.17, 15) is 0 Å². The van der Waals surface area contributed by atoms with Gasteiger partial charge in [0.2, 0.25) is 0 Å². The van der Waals surface area contributed by atoms with E-state index >= 15 is 0 Å². The molecule has 8 aromatic carbocycles. The molecule has 0 unspecified atom stereocenters. The van der Waals surface area contributed by atoms with Crippen molar-refractivity contribution in [1.82, 2.24) is 9.97 Å². The van der Waals surface area contributed by atoms with Crippen molar-refractivity contribution < 1.29 is 21.1 Å². The van der Waals surface area contributed by atoms with E-state index in [2.05, 4.69) is 194 Å². The van der Waals surface area contributed by atoms with Crippen molar-refractivity contribution in [2.75, 3.05) is 0 Å². The Labute approximate surface area is 415 Å². The molecule has 0 saturated heterocycles. The Morgan fingerprint density at radius 3 is 1.03 bits per heavy atom. The van der Waals surface area contributed by atoms with E-state index in [1.807, 2.05) is 48.8 Å². The molecule has 2 nitrogen and oxygen atoms in total. The number of hydrogen-bond donors (Lipinski definition) is 0. The van der Waals surface area contributed by atoms with Crippen molar-refractivity contribution in [2.24, 2.45) is 0 Å². The molecular weight excluding hydrogens is 1040 g/mol. The molecule has 0 radical (unpaired) electrons. The van der Waals surface area contributed by atoms with Crippen molar-refractivity contribution in [3.05, 3.63) is 320 Å². The number of benzene rings is 8. The van der Waals surface area contributed by atoms with Gasteiger partial charge in [0.1, 0.15) is 0 Å². The topological polar surface area (TPSA) is 25.8 Å². The fourth-order valence-corrected chi connectivity index (χ4v) is 11.1. The number of aromatic nitrogens is 2. The Kier molecular flexibility index (Phi) is 11.1. The third kappa shape index (κ3) is 6.73. The summed E-state index contributed by atoms with van der Waals surface area (Å²) in [6.45, 7) is 0. The summed E-state index contributed by atoms with van der Waals surface area (Å²) < 4.78 is 0. The molecule has 2 aromatic heterocycles. The van der Waals surface area contributed by atoms with Crippen LogP contribution < -0.4 is 0 Å². The van der Waals surface area contributed by atoms with Crippen molar-refractivity contribution in [1.29, 1.82) is 0 Å². The first-order valence-electron chi connectivity index (χ1n) is 22.1. The number of nitrogens with zero attached hydrogens (tertiary/aromatic N) is 2. The molecule has 0 saturated carbocycles. The van der Waals surface area contributed by atoms with Crippen LogP contribution in [0.4, 0.5) is 0 Å². The first kappa shape index (κ1) is 42.7. The summed E-state index contributed by atoms with van der Waals surface area (Å²) in [7, 11) is 0. The monoisotopic (exact) mass is 1080 g/mol. The predicted octanol–water partition coefficient (Wildman–Crippen LogP) is 15.1. The molecule has 10 aromatic rings. The molecule has 320 valence electrons. The third-order valence-electron chi connectivity index (χ3n) is 13.5. The van der Waals surface area contributed by atoms with Gasteiger partial charge >= 0.3 is 21.1 Å². The Morgan fingerprint density at radius 2 is 0.687 bits per heavy atom. The molecule has 2 aliphatic carbocycles. The second kappa shape index (κ2) is 17.4. The van der Waals surface area contributed by atoms with E-state index in [-0.39, 0.29) is 21.1 Å². The SMILES string of the molecule is Clc1ccc(C(=C(c2[c-]c(C3(c4ccccn4)c4ccccc4-c4ccccc43)ccc2)c2[c-]c(C3(c4ccccn4)c4ccccc4-c4ccccc43)ccc2)c2ccc(Cl)cc2)cc1.[Pt+2]. The largest absolute Gasteiger partial charge is 2.00 e.